The molecule has 6 nitrogen and oxygen atoms in total. The number of ether oxygens (including phenoxy) is 3. The van der Waals surface area contributed by atoms with Gasteiger partial charge in [-0.3, -0.25) is 14.4 Å². The molecule has 0 aromatic heterocycles. The minimum Gasteiger partial charge on any atom is -0.462 e. The van der Waals surface area contributed by atoms with Crippen molar-refractivity contribution in [3.63, 3.8) is 0 Å². The van der Waals surface area contributed by atoms with Crippen LogP contribution in [0.25, 0.3) is 0 Å². The molecule has 0 heterocycles. The van der Waals surface area contributed by atoms with Gasteiger partial charge >= 0.3 is 17.9 Å². The Morgan fingerprint density at radius 1 is 0.273 bits per heavy atom. The van der Waals surface area contributed by atoms with Crippen molar-refractivity contribution in [3.8, 4) is 0 Å². The molecular formula is C71H118O6. The fourth-order valence-corrected chi connectivity index (χ4v) is 8.62. The highest BCUT2D eigenvalue weighted by Crippen LogP contribution is 2.15. The van der Waals surface area contributed by atoms with Crippen LogP contribution in [-0.4, -0.2) is 37.2 Å². The van der Waals surface area contributed by atoms with E-state index in [1.807, 2.05) is 0 Å². The van der Waals surface area contributed by atoms with E-state index < -0.39 is 6.10 Å². The van der Waals surface area contributed by atoms with E-state index in [0.717, 1.165) is 141 Å². The number of rotatable bonds is 57. The summed E-state index contributed by atoms with van der Waals surface area (Å²) in [5.74, 6) is -0.922. The van der Waals surface area contributed by atoms with E-state index in [-0.39, 0.29) is 31.1 Å². The molecule has 1 unspecified atom stereocenters. The molecule has 0 N–H and O–H groups in total. The van der Waals surface area contributed by atoms with Crippen LogP contribution < -0.4 is 0 Å². The van der Waals surface area contributed by atoms with Crippen LogP contribution in [0.4, 0.5) is 0 Å². The van der Waals surface area contributed by atoms with E-state index in [0.29, 0.717) is 19.3 Å². The van der Waals surface area contributed by atoms with Gasteiger partial charge in [0.1, 0.15) is 13.2 Å². The third kappa shape index (κ3) is 62.5. The number of hydrogen-bond donors (Lipinski definition) is 0. The first kappa shape index (κ1) is 72.8. The van der Waals surface area contributed by atoms with Crippen molar-refractivity contribution in [2.75, 3.05) is 13.2 Å². The molecule has 0 fully saturated rings. The molecule has 6 heteroatoms. The number of hydrogen-bond acceptors (Lipinski definition) is 6. The van der Waals surface area contributed by atoms with Gasteiger partial charge in [0, 0.05) is 19.3 Å². The molecule has 0 rings (SSSR count). The smallest absolute Gasteiger partial charge is 0.306 e. The van der Waals surface area contributed by atoms with Crippen LogP contribution in [0.2, 0.25) is 0 Å². The first-order valence-corrected chi connectivity index (χ1v) is 32.0. The Bertz CT molecular complexity index is 1600. The van der Waals surface area contributed by atoms with E-state index in [2.05, 4.69) is 142 Å². The summed E-state index contributed by atoms with van der Waals surface area (Å²) in [7, 11) is 0. The largest absolute Gasteiger partial charge is 0.462 e. The van der Waals surface area contributed by atoms with Crippen molar-refractivity contribution in [3.05, 3.63) is 122 Å². The van der Waals surface area contributed by atoms with Gasteiger partial charge < -0.3 is 14.2 Å². The zero-order valence-electron chi connectivity index (χ0n) is 50.2. The van der Waals surface area contributed by atoms with Gasteiger partial charge in [0.25, 0.3) is 0 Å². The lowest BCUT2D eigenvalue weighted by atomic mass is 10.1. The van der Waals surface area contributed by atoms with Gasteiger partial charge in [-0.25, -0.2) is 0 Å². The predicted molar refractivity (Wildman–Crippen MR) is 334 cm³/mol. The van der Waals surface area contributed by atoms with Gasteiger partial charge in [0.2, 0.25) is 0 Å². The van der Waals surface area contributed by atoms with E-state index in [1.165, 1.54) is 109 Å². The van der Waals surface area contributed by atoms with E-state index in [4.69, 9.17) is 14.2 Å². The van der Waals surface area contributed by atoms with E-state index >= 15 is 0 Å². The van der Waals surface area contributed by atoms with Crippen molar-refractivity contribution >= 4 is 17.9 Å². The fraction of sp³-hybridized carbons (Fsp3) is 0.676. The standard InChI is InChI=1S/C71H118O6/c1-4-7-10-13-16-19-22-25-28-30-31-32-33-34-35-36-37-38-39-40-41-42-44-46-49-52-55-58-61-64-70(73)76-67-68(66-75-69(72)63-60-57-54-51-48-45-27-24-21-18-15-12-9-6-3)77-71(74)65-62-59-56-53-50-47-43-29-26-23-20-17-14-11-8-5-2/h7,10,16,19-20,23-25,27-29,31-32,34-35,37-38,40-41,43,68H,4-6,8-9,11-15,17-18,21-22,26,30,33,36,39,42,44-67H2,1-3H3/b10-7-,19-16-,23-20-,27-24-,28-25-,32-31-,35-34-,38-37-,41-40-,43-29-. The van der Waals surface area contributed by atoms with Crippen LogP contribution in [0.1, 0.15) is 290 Å². The zero-order chi connectivity index (χ0) is 55.7. The summed E-state index contributed by atoms with van der Waals surface area (Å²) >= 11 is 0. The van der Waals surface area contributed by atoms with Gasteiger partial charge in [-0.05, 0) is 135 Å². The van der Waals surface area contributed by atoms with Crippen LogP contribution in [0.15, 0.2) is 122 Å². The molecule has 0 radical (unpaired) electrons. The molecule has 0 bridgehead atoms. The second-order valence-electron chi connectivity index (χ2n) is 20.9. The maximum absolute atomic E-state index is 12.9. The molecule has 0 saturated heterocycles. The Morgan fingerprint density at radius 2 is 0.506 bits per heavy atom. The third-order valence-electron chi connectivity index (χ3n) is 13.4. The summed E-state index contributed by atoms with van der Waals surface area (Å²) < 4.78 is 16.9. The maximum atomic E-state index is 12.9. The van der Waals surface area contributed by atoms with Crippen molar-refractivity contribution in [2.45, 2.75) is 297 Å². The van der Waals surface area contributed by atoms with Crippen molar-refractivity contribution in [2.24, 2.45) is 0 Å². The second-order valence-corrected chi connectivity index (χ2v) is 20.9. The third-order valence-corrected chi connectivity index (χ3v) is 13.4. The van der Waals surface area contributed by atoms with Crippen LogP contribution in [-0.2, 0) is 28.6 Å². The lowest BCUT2D eigenvalue weighted by Crippen LogP contribution is -2.30. The molecule has 77 heavy (non-hydrogen) atoms. The van der Waals surface area contributed by atoms with Crippen LogP contribution in [0.3, 0.4) is 0 Å². The number of esters is 3. The van der Waals surface area contributed by atoms with Crippen LogP contribution in [0, 0.1) is 0 Å². The SMILES string of the molecule is CC/C=C\C/C=C\C/C=C\C/C=C\C/C=C\C/C=C\C/C=C\CCCCCCCCCC(=O)OCC(COC(=O)CCCCCCC/C=C\CCCCCCC)OC(=O)CCCCCCC/C=C\C/C=C\CCCCCC. The average molecular weight is 1070 g/mol. The van der Waals surface area contributed by atoms with Crippen molar-refractivity contribution < 1.29 is 28.6 Å². The summed E-state index contributed by atoms with van der Waals surface area (Å²) in [6.07, 6.45) is 89.1. The molecular weight excluding hydrogens is 949 g/mol. The highest BCUT2D eigenvalue weighted by Gasteiger charge is 2.19. The summed E-state index contributed by atoms with van der Waals surface area (Å²) in [6, 6.07) is 0. The summed E-state index contributed by atoms with van der Waals surface area (Å²) in [4.78, 5) is 38.3. The Hall–Kier alpha value is -4.19. The molecule has 0 aromatic carbocycles. The quantitative estimate of drug-likeness (QED) is 0.0261. The first-order chi connectivity index (χ1) is 38.0. The maximum Gasteiger partial charge on any atom is 0.306 e. The number of allylic oxidation sites excluding steroid dienone is 20. The normalized spacial score (nSPS) is 12.9. The summed E-state index contributed by atoms with van der Waals surface area (Å²) in [5.41, 5.74) is 0. The zero-order valence-corrected chi connectivity index (χ0v) is 50.2. The molecule has 0 saturated carbocycles. The number of carbonyl (C=O) groups excluding carboxylic acids is 3. The van der Waals surface area contributed by atoms with Gasteiger partial charge in [0.05, 0.1) is 0 Å². The molecule has 1 atom stereocenters. The van der Waals surface area contributed by atoms with Crippen LogP contribution in [0.5, 0.6) is 0 Å². The Balaban J connectivity index is 4.36. The lowest BCUT2D eigenvalue weighted by Gasteiger charge is -2.18. The van der Waals surface area contributed by atoms with Gasteiger partial charge in [0.15, 0.2) is 6.10 Å². The fourth-order valence-electron chi connectivity index (χ4n) is 8.62. The minimum atomic E-state index is -0.797. The van der Waals surface area contributed by atoms with E-state index in [1.54, 1.807) is 0 Å². The second kappa shape index (κ2) is 64.3. The molecule has 438 valence electrons. The summed E-state index contributed by atoms with van der Waals surface area (Å²) in [5, 5.41) is 0. The Kier molecular flexibility index (Phi) is 60.8. The molecule has 0 spiro atoms. The van der Waals surface area contributed by atoms with Crippen molar-refractivity contribution in [1.29, 1.82) is 0 Å². The minimum absolute atomic E-state index is 0.0929. The molecule has 0 aliphatic heterocycles. The van der Waals surface area contributed by atoms with Crippen molar-refractivity contribution in [1.82, 2.24) is 0 Å². The molecule has 0 aromatic rings. The first-order valence-electron chi connectivity index (χ1n) is 32.0. The lowest BCUT2D eigenvalue weighted by molar-refractivity contribution is -0.167. The van der Waals surface area contributed by atoms with Gasteiger partial charge in [-0.15, -0.1) is 0 Å². The monoisotopic (exact) mass is 1070 g/mol. The Labute approximate surface area is 475 Å². The average Bonchev–Trinajstić information content (AvgIpc) is 3.43. The van der Waals surface area contributed by atoms with Gasteiger partial charge in [-0.1, -0.05) is 258 Å². The summed E-state index contributed by atoms with van der Waals surface area (Å²) in [6.45, 7) is 6.48. The number of unbranched alkanes of at least 4 members (excludes halogenated alkanes) is 26. The predicted octanol–water partition coefficient (Wildman–Crippen LogP) is 22.0. The molecule has 0 aliphatic carbocycles. The molecule has 0 aliphatic rings. The number of carbonyl (C=O) groups is 3. The highest BCUT2D eigenvalue weighted by atomic mass is 16.6. The highest BCUT2D eigenvalue weighted by molar-refractivity contribution is 5.71. The molecule has 0 amide bonds. The van der Waals surface area contributed by atoms with E-state index in [9.17, 15) is 14.4 Å². The van der Waals surface area contributed by atoms with Crippen LogP contribution >= 0.6 is 0 Å². The van der Waals surface area contributed by atoms with Gasteiger partial charge in [-0.2, -0.15) is 0 Å². The Morgan fingerprint density at radius 3 is 0.818 bits per heavy atom. The topological polar surface area (TPSA) is 78.9 Å².